The van der Waals surface area contributed by atoms with Gasteiger partial charge in [0.1, 0.15) is 18.1 Å². The van der Waals surface area contributed by atoms with Gasteiger partial charge in [0.2, 0.25) is 10.0 Å². The Hall–Kier alpha value is -3.52. The highest BCUT2D eigenvalue weighted by atomic mass is 32.2. The number of nitrogens with one attached hydrogen (secondary N) is 1. The second kappa shape index (κ2) is 11.1. The van der Waals surface area contributed by atoms with Crippen molar-refractivity contribution in [3.05, 3.63) is 89.0 Å². The molecule has 0 spiro atoms. The standard InChI is InChI=1S/C26H30N2O5S/c1-19-6-5-7-20(2)25(19)28(34(4,30)31)18-21-8-10-22(11-9-21)26(29)27-16-17-33-24-14-12-23(32-3)13-15-24/h5-15H,16-18H2,1-4H3,(H,27,29). The predicted molar refractivity (Wildman–Crippen MR) is 134 cm³/mol. The molecule has 0 atom stereocenters. The molecule has 1 amide bonds. The number of amides is 1. The zero-order valence-electron chi connectivity index (χ0n) is 19.9. The molecule has 180 valence electrons. The Labute approximate surface area is 201 Å². The number of hydrogen-bond donors (Lipinski definition) is 1. The average Bonchev–Trinajstić information content (AvgIpc) is 2.81. The van der Waals surface area contributed by atoms with Gasteiger partial charge in [-0.15, -0.1) is 0 Å². The van der Waals surface area contributed by atoms with Crippen LogP contribution in [0.1, 0.15) is 27.0 Å². The number of carbonyl (C=O) groups is 1. The molecule has 0 bridgehead atoms. The first kappa shape index (κ1) is 25.1. The topological polar surface area (TPSA) is 84.9 Å². The van der Waals surface area contributed by atoms with Gasteiger partial charge in [0.15, 0.2) is 0 Å². The van der Waals surface area contributed by atoms with Crippen molar-refractivity contribution in [2.75, 3.05) is 30.8 Å². The summed E-state index contributed by atoms with van der Waals surface area (Å²) in [5, 5.41) is 2.82. The van der Waals surface area contributed by atoms with Crippen molar-refractivity contribution in [2.24, 2.45) is 0 Å². The first-order valence-electron chi connectivity index (χ1n) is 10.9. The number of sulfonamides is 1. The third kappa shape index (κ3) is 6.51. The highest BCUT2D eigenvalue weighted by Gasteiger charge is 2.21. The molecule has 0 unspecified atom stereocenters. The summed E-state index contributed by atoms with van der Waals surface area (Å²) in [5.74, 6) is 1.22. The van der Waals surface area contributed by atoms with Crippen molar-refractivity contribution >= 4 is 21.6 Å². The zero-order chi connectivity index (χ0) is 24.7. The number of rotatable bonds is 10. The van der Waals surface area contributed by atoms with E-state index in [4.69, 9.17) is 9.47 Å². The number of para-hydroxylation sites is 1. The van der Waals surface area contributed by atoms with Gasteiger partial charge in [-0.25, -0.2) is 8.42 Å². The van der Waals surface area contributed by atoms with Crippen LogP contribution in [-0.2, 0) is 16.6 Å². The molecule has 3 aromatic carbocycles. The summed E-state index contributed by atoms with van der Waals surface area (Å²) in [4.78, 5) is 12.5. The second-order valence-electron chi connectivity index (χ2n) is 7.99. The van der Waals surface area contributed by atoms with Crippen molar-refractivity contribution in [3.63, 3.8) is 0 Å². The second-order valence-corrected chi connectivity index (χ2v) is 9.89. The third-order valence-electron chi connectivity index (χ3n) is 5.35. The van der Waals surface area contributed by atoms with Crippen LogP contribution in [0.5, 0.6) is 11.5 Å². The molecule has 7 nitrogen and oxygen atoms in total. The summed E-state index contributed by atoms with van der Waals surface area (Å²) in [7, 11) is -1.89. The number of ether oxygens (including phenoxy) is 2. The normalized spacial score (nSPS) is 11.1. The first-order valence-corrected chi connectivity index (χ1v) is 12.7. The maximum Gasteiger partial charge on any atom is 0.251 e. The van der Waals surface area contributed by atoms with E-state index in [9.17, 15) is 13.2 Å². The summed E-state index contributed by atoms with van der Waals surface area (Å²) >= 11 is 0. The molecule has 0 heterocycles. The van der Waals surface area contributed by atoms with Gasteiger partial charge in [0, 0.05) is 5.56 Å². The molecule has 0 aliphatic carbocycles. The Kier molecular flexibility index (Phi) is 8.17. The van der Waals surface area contributed by atoms with Gasteiger partial charge in [-0.3, -0.25) is 9.10 Å². The Balaban J connectivity index is 1.59. The molecular weight excluding hydrogens is 452 g/mol. The molecule has 3 rings (SSSR count). The van der Waals surface area contributed by atoms with E-state index in [0.717, 1.165) is 22.4 Å². The van der Waals surface area contributed by atoms with E-state index in [1.54, 1.807) is 55.6 Å². The van der Waals surface area contributed by atoms with Crippen LogP contribution in [0.25, 0.3) is 0 Å². The highest BCUT2D eigenvalue weighted by molar-refractivity contribution is 7.92. The molecule has 34 heavy (non-hydrogen) atoms. The lowest BCUT2D eigenvalue weighted by Gasteiger charge is -2.26. The van der Waals surface area contributed by atoms with Crippen molar-refractivity contribution in [1.29, 1.82) is 0 Å². The SMILES string of the molecule is COc1ccc(OCCNC(=O)c2ccc(CN(c3c(C)cccc3C)S(C)(=O)=O)cc2)cc1. The van der Waals surface area contributed by atoms with Gasteiger partial charge in [-0.1, -0.05) is 30.3 Å². The van der Waals surface area contributed by atoms with Gasteiger partial charge >= 0.3 is 0 Å². The van der Waals surface area contributed by atoms with Gasteiger partial charge in [-0.2, -0.15) is 0 Å². The van der Waals surface area contributed by atoms with Crippen LogP contribution < -0.4 is 19.1 Å². The van der Waals surface area contributed by atoms with Gasteiger partial charge in [0.25, 0.3) is 5.91 Å². The van der Waals surface area contributed by atoms with E-state index in [1.807, 2.05) is 32.0 Å². The lowest BCUT2D eigenvalue weighted by atomic mass is 10.1. The molecule has 0 saturated heterocycles. The van der Waals surface area contributed by atoms with E-state index in [-0.39, 0.29) is 12.5 Å². The molecule has 0 aliphatic rings. The predicted octanol–water partition coefficient (Wildman–Crippen LogP) is 4.09. The molecule has 3 aromatic rings. The van der Waals surface area contributed by atoms with Crippen molar-refractivity contribution < 1.29 is 22.7 Å². The van der Waals surface area contributed by atoms with Crippen LogP contribution in [0.2, 0.25) is 0 Å². The lowest BCUT2D eigenvalue weighted by Crippen LogP contribution is -2.31. The largest absolute Gasteiger partial charge is 0.497 e. The van der Waals surface area contributed by atoms with Crippen molar-refractivity contribution in [2.45, 2.75) is 20.4 Å². The Morgan fingerprint density at radius 3 is 2.06 bits per heavy atom. The number of anilines is 1. The molecule has 0 fully saturated rings. The number of methoxy groups -OCH3 is 1. The summed E-state index contributed by atoms with van der Waals surface area (Å²) in [5.41, 5.74) is 3.74. The van der Waals surface area contributed by atoms with Crippen molar-refractivity contribution in [3.8, 4) is 11.5 Å². The number of hydrogen-bond acceptors (Lipinski definition) is 5. The molecule has 8 heteroatoms. The van der Waals surface area contributed by atoms with E-state index in [0.29, 0.717) is 30.2 Å². The van der Waals surface area contributed by atoms with Crippen LogP contribution in [0.3, 0.4) is 0 Å². The molecule has 0 radical (unpaired) electrons. The third-order valence-corrected chi connectivity index (χ3v) is 6.46. The van der Waals surface area contributed by atoms with Crippen LogP contribution in [-0.4, -0.2) is 40.8 Å². The van der Waals surface area contributed by atoms with Gasteiger partial charge < -0.3 is 14.8 Å². The van der Waals surface area contributed by atoms with Crippen molar-refractivity contribution in [1.82, 2.24) is 5.32 Å². The van der Waals surface area contributed by atoms with Crippen LogP contribution in [0, 0.1) is 13.8 Å². The number of benzene rings is 3. The minimum atomic E-state index is -3.50. The highest BCUT2D eigenvalue weighted by Crippen LogP contribution is 2.28. The summed E-state index contributed by atoms with van der Waals surface area (Å²) in [6.07, 6.45) is 1.20. The fraction of sp³-hybridized carbons (Fsp3) is 0.269. The quantitative estimate of drug-likeness (QED) is 0.440. The summed E-state index contributed by atoms with van der Waals surface area (Å²) in [6.45, 7) is 4.65. The maximum atomic E-state index is 12.5. The molecule has 0 aliphatic heterocycles. The monoisotopic (exact) mass is 482 g/mol. The Morgan fingerprint density at radius 2 is 1.50 bits per heavy atom. The summed E-state index contributed by atoms with van der Waals surface area (Å²) in [6, 6.07) is 19.9. The maximum absolute atomic E-state index is 12.5. The number of carbonyl (C=O) groups excluding carboxylic acids is 1. The lowest BCUT2D eigenvalue weighted by molar-refractivity contribution is 0.0947. The molecular formula is C26H30N2O5S. The molecule has 1 N–H and O–H groups in total. The molecule has 0 saturated carbocycles. The smallest absolute Gasteiger partial charge is 0.251 e. The minimum absolute atomic E-state index is 0.183. The van der Waals surface area contributed by atoms with Gasteiger partial charge in [-0.05, 0) is 66.9 Å². The van der Waals surface area contributed by atoms with Gasteiger partial charge in [0.05, 0.1) is 32.1 Å². The van der Waals surface area contributed by atoms with Crippen LogP contribution in [0.15, 0.2) is 66.7 Å². The minimum Gasteiger partial charge on any atom is -0.497 e. The fourth-order valence-electron chi connectivity index (χ4n) is 3.60. The first-order chi connectivity index (χ1) is 16.2. The Morgan fingerprint density at radius 1 is 0.912 bits per heavy atom. The number of aryl methyl sites for hydroxylation is 2. The molecule has 0 aromatic heterocycles. The van der Waals surface area contributed by atoms with Crippen LogP contribution >= 0.6 is 0 Å². The number of nitrogens with zero attached hydrogens (tertiary/aromatic N) is 1. The average molecular weight is 483 g/mol. The van der Waals surface area contributed by atoms with E-state index < -0.39 is 10.0 Å². The summed E-state index contributed by atoms with van der Waals surface area (Å²) < 4.78 is 37.2. The van der Waals surface area contributed by atoms with E-state index in [2.05, 4.69) is 5.32 Å². The Bertz CT molecular complexity index is 1200. The van der Waals surface area contributed by atoms with Crippen LogP contribution in [0.4, 0.5) is 5.69 Å². The zero-order valence-corrected chi connectivity index (χ0v) is 20.7. The van der Waals surface area contributed by atoms with E-state index >= 15 is 0 Å². The fourth-order valence-corrected chi connectivity index (χ4v) is 4.60. The van der Waals surface area contributed by atoms with E-state index in [1.165, 1.54) is 10.6 Å².